The molecular formula is C15H20F6O3Si. The minimum absolute atomic E-state index is 0.0212. The van der Waals surface area contributed by atoms with Gasteiger partial charge in [0.1, 0.15) is 0 Å². The van der Waals surface area contributed by atoms with Gasteiger partial charge in [-0.05, 0) is 43.0 Å². The zero-order valence-corrected chi connectivity index (χ0v) is 14.5. The first-order chi connectivity index (χ1) is 11.3. The largest absolute Gasteiger partial charge is 0.495 e. The van der Waals surface area contributed by atoms with Crippen molar-refractivity contribution in [1.82, 2.24) is 0 Å². The Morgan fingerprint density at radius 2 is 1.32 bits per heavy atom. The molecule has 0 radical (unpaired) electrons. The smallest absolute Gasteiger partial charge is 0.390 e. The molecule has 0 unspecified atom stereocenters. The summed E-state index contributed by atoms with van der Waals surface area (Å²) in [6.07, 6.45) is -7.62. The van der Waals surface area contributed by atoms with E-state index in [1.54, 1.807) is 0 Å². The first kappa shape index (κ1) is 21.9. The third-order valence-electron chi connectivity index (χ3n) is 3.69. The van der Waals surface area contributed by atoms with Crippen LogP contribution in [0.2, 0.25) is 6.04 Å². The third kappa shape index (κ3) is 7.76. The lowest BCUT2D eigenvalue weighted by molar-refractivity contribution is -0.143. The van der Waals surface area contributed by atoms with Gasteiger partial charge in [0.25, 0.3) is 0 Å². The average Bonchev–Trinajstić information content (AvgIpc) is 2.48. The number of rotatable bonds is 8. The molecule has 0 saturated carbocycles. The number of hydrogen-bond donors (Lipinski definition) is 2. The summed E-state index contributed by atoms with van der Waals surface area (Å²) in [5.74, 6) is 0. The number of halogens is 6. The number of aryl methyl sites for hydroxylation is 1. The summed E-state index contributed by atoms with van der Waals surface area (Å²) in [7, 11) is -2.42. The number of hydrogen-bond acceptors (Lipinski definition) is 3. The summed E-state index contributed by atoms with van der Waals surface area (Å²) >= 11 is 0. The van der Waals surface area contributed by atoms with Gasteiger partial charge in [0.2, 0.25) is 0 Å². The van der Waals surface area contributed by atoms with Crippen LogP contribution in [0.4, 0.5) is 26.3 Å². The molecule has 0 aliphatic rings. The van der Waals surface area contributed by atoms with Crippen molar-refractivity contribution < 1.29 is 40.4 Å². The number of unbranched alkanes of at least 4 members (excludes halogenated alkanes) is 3. The van der Waals surface area contributed by atoms with Gasteiger partial charge in [-0.25, -0.2) is 0 Å². The Balaban J connectivity index is 2.63. The minimum Gasteiger partial charge on any atom is -0.390 e. The summed E-state index contributed by atoms with van der Waals surface area (Å²) in [5.41, 5.74) is -2.64. The van der Waals surface area contributed by atoms with Crippen LogP contribution in [0.15, 0.2) is 18.2 Å². The van der Waals surface area contributed by atoms with Crippen LogP contribution in [-0.4, -0.2) is 25.5 Å². The lowest BCUT2D eigenvalue weighted by Gasteiger charge is -2.15. The maximum Gasteiger partial charge on any atom is 0.495 e. The molecule has 0 aliphatic carbocycles. The average molecular weight is 390 g/mol. The van der Waals surface area contributed by atoms with Gasteiger partial charge >= 0.3 is 21.2 Å². The van der Waals surface area contributed by atoms with Gasteiger partial charge in [0, 0.05) is 13.2 Å². The standard InChI is InChI=1S/C15H20F6O3Si/c1-24-25(22,23)7-5-3-2-4-6-11-8-12(14(16,17)18)10-13(9-11)15(19,20)21/h8-10,22-23H,2-7H2,1H3. The Morgan fingerprint density at radius 3 is 1.76 bits per heavy atom. The summed E-state index contributed by atoms with van der Waals surface area (Å²) in [6.45, 7) is 0. The highest BCUT2D eigenvalue weighted by molar-refractivity contribution is 6.57. The van der Waals surface area contributed by atoms with Crippen molar-refractivity contribution in [3.63, 3.8) is 0 Å². The zero-order valence-electron chi connectivity index (χ0n) is 13.5. The van der Waals surface area contributed by atoms with E-state index in [1.165, 1.54) is 7.11 Å². The molecule has 1 rings (SSSR count). The highest BCUT2D eigenvalue weighted by atomic mass is 28.4. The second-order valence-corrected chi connectivity index (χ2v) is 8.17. The van der Waals surface area contributed by atoms with Gasteiger partial charge in [-0.1, -0.05) is 12.8 Å². The molecule has 0 saturated heterocycles. The number of benzene rings is 1. The fourth-order valence-electron chi connectivity index (χ4n) is 2.30. The van der Waals surface area contributed by atoms with Crippen molar-refractivity contribution >= 4 is 8.80 Å². The van der Waals surface area contributed by atoms with Crippen LogP contribution < -0.4 is 0 Å². The van der Waals surface area contributed by atoms with Crippen LogP contribution in [0.3, 0.4) is 0 Å². The SMILES string of the molecule is CO[Si](O)(O)CCCCCCc1cc(C(F)(F)F)cc(C(F)(F)F)c1. The van der Waals surface area contributed by atoms with E-state index in [1.807, 2.05) is 0 Å². The van der Waals surface area contributed by atoms with Crippen LogP contribution in [0.25, 0.3) is 0 Å². The molecule has 1 aromatic rings. The van der Waals surface area contributed by atoms with Crippen molar-refractivity contribution in [2.75, 3.05) is 7.11 Å². The molecular weight excluding hydrogens is 370 g/mol. The van der Waals surface area contributed by atoms with E-state index in [2.05, 4.69) is 4.43 Å². The monoisotopic (exact) mass is 390 g/mol. The van der Waals surface area contributed by atoms with Gasteiger partial charge in [-0.15, -0.1) is 0 Å². The molecule has 0 bridgehead atoms. The topological polar surface area (TPSA) is 49.7 Å². The Hall–Kier alpha value is -1.10. The van der Waals surface area contributed by atoms with Gasteiger partial charge in [-0.3, -0.25) is 0 Å². The van der Waals surface area contributed by atoms with E-state index in [4.69, 9.17) is 0 Å². The second-order valence-electron chi connectivity index (χ2n) is 5.78. The van der Waals surface area contributed by atoms with Crippen LogP contribution in [0, 0.1) is 0 Å². The molecule has 3 nitrogen and oxygen atoms in total. The van der Waals surface area contributed by atoms with Gasteiger partial charge < -0.3 is 14.0 Å². The molecule has 0 fully saturated rings. The zero-order chi connectivity index (χ0) is 19.3. The van der Waals surface area contributed by atoms with Gasteiger partial charge in [0.05, 0.1) is 11.1 Å². The van der Waals surface area contributed by atoms with Crippen LogP contribution >= 0.6 is 0 Å². The Morgan fingerprint density at radius 1 is 0.840 bits per heavy atom. The quantitative estimate of drug-likeness (QED) is 0.393. The summed E-state index contributed by atoms with van der Waals surface area (Å²) in [4.78, 5) is 18.7. The molecule has 0 atom stereocenters. The van der Waals surface area contributed by atoms with Crippen LogP contribution in [0.5, 0.6) is 0 Å². The van der Waals surface area contributed by atoms with E-state index in [0.717, 1.165) is 12.1 Å². The summed E-state index contributed by atoms with van der Waals surface area (Å²) in [5, 5.41) is 0. The third-order valence-corrected chi connectivity index (χ3v) is 5.35. The fraction of sp³-hybridized carbons (Fsp3) is 0.600. The predicted molar refractivity (Wildman–Crippen MR) is 80.6 cm³/mol. The second kappa shape index (κ2) is 8.52. The highest BCUT2D eigenvalue weighted by Gasteiger charge is 2.36. The highest BCUT2D eigenvalue weighted by Crippen LogP contribution is 2.36. The lowest BCUT2D eigenvalue weighted by Crippen LogP contribution is -2.37. The molecule has 25 heavy (non-hydrogen) atoms. The van der Waals surface area contributed by atoms with E-state index in [9.17, 15) is 35.9 Å². The molecule has 0 aliphatic heterocycles. The van der Waals surface area contributed by atoms with Crippen LogP contribution in [0.1, 0.15) is 42.4 Å². The Labute approximate surface area is 142 Å². The van der Waals surface area contributed by atoms with Crippen molar-refractivity contribution in [3.05, 3.63) is 34.9 Å². The molecule has 2 N–H and O–H groups in total. The van der Waals surface area contributed by atoms with E-state index < -0.39 is 32.3 Å². The predicted octanol–water partition coefficient (Wildman–Crippen LogP) is 4.40. The minimum atomic E-state index is -4.84. The van der Waals surface area contributed by atoms with E-state index >= 15 is 0 Å². The van der Waals surface area contributed by atoms with Gasteiger partial charge in [-0.2, -0.15) is 26.3 Å². The van der Waals surface area contributed by atoms with Gasteiger partial charge in [0.15, 0.2) is 0 Å². The van der Waals surface area contributed by atoms with Crippen molar-refractivity contribution in [2.24, 2.45) is 0 Å². The number of alkyl halides is 6. The molecule has 0 aromatic heterocycles. The first-order valence-corrected chi connectivity index (χ1v) is 9.64. The van der Waals surface area contributed by atoms with E-state index in [-0.39, 0.29) is 24.1 Å². The van der Waals surface area contributed by atoms with Crippen molar-refractivity contribution in [2.45, 2.75) is 50.5 Å². The maximum absolute atomic E-state index is 12.7. The Kier molecular flexibility index (Phi) is 7.48. The molecule has 0 heterocycles. The molecule has 10 heteroatoms. The first-order valence-electron chi connectivity index (χ1n) is 7.63. The fourth-order valence-corrected chi connectivity index (χ4v) is 3.22. The van der Waals surface area contributed by atoms with Crippen LogP contribution in [-0.2, 0) is 23.2 Å². The molecule has 0 spiro atoms. The summed E-state index contributed by atoms with van der Waals surface area (Å²) in [6, 6.07) is 1.69. The Bertz CT molecular complexity index is 525. The maximum atomic E-state index is 12.7. The molecule has 0 amide bonds. The van der Waals surface area contributed by atoms with Crippen molar-refractivity contribution in [3.8, 4) is 0 Å². The molecule has 144 valence electrons. The van der Waals surface area contributed by atoms with Crippen molar-refractivity contribution in [1.29, 1.82) is 0 Å². The summed E-state index contributed by atoms with van der Waals surface area (Å²) < 4.78 is 81.0. The normalized spacial score (nSPS) is 13.3. The van der Waals surface area contributed by atoms with E-state index in [0.29, 0.717) is 25.7 Å². The molecule has 1 aromatic carbocycles. The lowest BCUT2D eigenvalue weighted by atomic mass is 10.00.